The maximum absolute atomic E-state index is 5.35. The van der Waals surface area contributed by atoms with E-state index in [0.717, 1.165) is 117 Å². The molecule has 308 valence electrons. The van der Waals surface area contributed by atoms with Gasteiger partial charge in [0.25, 0.3) is 0 Å². The molecule has 66 heavy (non-hydrogen) atoms. The minimum Gasteiger partial charge on any atom is -0.263 e. The third-order valence-electron chi connectivity index (χ3n) is 12.4. The molecule has 0 fully saturated rings. The van der Waals surface area contributed by atoms with Gasteiger partial charge in [-0.15, -0.1) is 0 Å². The molecule has 0 aliphatic carbocycles. The van der Waals surface area contributed by atoms with Crippen LogP contribution in [0, 0.1) is 0 Å². The fourth-order valence-corrected chi connectivity index (χ4v) is 8.99. The molecule has 5 heteroatoms. The van der Waals surface area contributed by atoms with E-state index in [1.165, 1.54) is 0 Å². The van der Waals surface area contributed by atoms with E-state index in [9.17, 15) is 0 Å². The van der Waals surface area contributed by atoms with E-state index < -0.39 is 0 Å². The van der Waals surface area contributed by atoms with Crippen LogP contribution >= 0.6 is 0 Å². The fraction of sp³-hybridized carbons (Fsp3) is 0. The highest BCUT2D eigenvalue weighted by Crippen LogP contribution is 2.37. The predicted molar refractivity (Wildman–Crippen MR) is 271 cm³/mol. The van der Waals surface area contributed by atoms with Gasteiger partial charge in [-0.3, -0.25) is 4.98 Å². The van der Waals surface area contributed by atoms with Crippen LogP contribution in [0.2, 0.25) is 0 Å². The van der Waals surface area contributed by atoms with Crippen LogP contribution in [0.5, 0.6) is 0 Å². The maximum Gasteiger partial charge on any atom is 0.160 e. The van der Waals surface area contributed by atoms with Crippen molar-refractivity contribution in [2.45, 2.75) is 0 Å². The summed E-state index contributed by atoms with van der Waals surface area (Å²) in [6.45, 7) is 0. The molecule has 0 amide bonds. The second kappa shape index (κ2) is 16.6. The SMILES string of the molecule is c1ccc(-c2cc(-c3ccc(-c4cccc(-c5ccc6ccc7c(-c8ccccc8)cc(-c8ccccc8)nc7c6n5)c4)cc3)nc(-c3cccc(-c4cncc5ccccc45)c3)n2)cc1. The molecule has 0 aliphatic rings. The van der Waals surface area contributed by atoms with Crippen LogP contribution in [0.3, 0.4) is 0 Å². The summed E-state index contributed by atoms with van der Waals surface area (Å²) >= 11 is 0. The Hall–Kier alpha value is -8.93. The Bertz CT molecular complexity index is 3730. The van der Waals surface area contributed by atoms with Crippen molar-refractivity contribution in [2.75, 3.05) is 0 Å². The third-order valence-corrected chi connectivity index (χ3v) is 12.4. The molecule has 5 nitrogen and oxygen atoms in total. The minimum absolute atomic E-state index is 0.664. The van der Waals surface area contributed by atoms with Crippen molar-refractivity contribution in [1.29, 1.82) is 0 Å². The number of aromatic nitrogens is 5. The Labute approximate surface area is 382 Å². The lowest BCUT2D eigenvalue weighted by Gasteiger charge is -2.13. The van der Waals surface area contributed by atoms with Gasteiger partial charge in [0.1, 0.15) is 0 Å². The van der Waals surface area contributed by atoms with Crippen LogP contribution < -0.4 is 0 Å². The lowest BCUT2D eigenvalue weighted by Crippen LogP contribution is -1.96. The van der Waals surface area contributed by atoms with Crippen LogP contribution in [0.1, 0.15) is 0 Å². The highest BCUT2D eigenvalue weighted by atomic mass is 14.9. The van der Waals surface area contributed by atoms with Crippen LogP contribution in [-0.2, 0) is 0 Å². The smallest absolute Gasteiger partial charge is 0.160 e. The molecule has 0 radical (unpaired) electrons. The van der Waals surface area contributed by atoms with E-state index in [2.05, 4.69) is 199 Å². The van der Waals surface area contributed by atoms with E-state index >= 15 is 0 Å². The number of hydrogen-bond acceptors (Lipinski definition) is 5. The van der Waals surface area contributed by atoms with Crippen molar-refractivity contribution in [3.63, 3.8) is 0 Å². The van der Waals surface area contributed by atoms with E-state index in [1.807, 2.05) is 42.7 Å². The molecule has 12 aromatic rings. The Morgan fingerprint density at radius 2 is 0.788 bits per heavy atom. The first-order valence-corrected chi connectivity index (χ1v) is 22.1. The van der Waals surface area contributed by atoms with Crippen molar-refractivity contribution >= 4 is 32.6 Å². The van der Waals surface area contributed by atoms with Crippen molar-refractivity contribution in [1.82, 2.24) is 24.9 Å². The van der Waals surface area contributed by atoms with Gasteiger partial charge in [0, 0.05) is 61.9 Å². The number of rotatable bonds is 8. The summed E-state index contributed by atoms with van der Waals surface area (Å²) in [6.07, 6.45) is 3.85. The van der Waals surface area contributed by atoms with E-state index in [-0.39, 0.29) is 0 Å². The standard InChI is InChI=1S/C61H39N5/c1-4-14-41(15-5-1)53-36-56(42-16-6-2-7-17-42)64-60-52(53)32-30-45-31-33-55(63-59(45)60)48-23-12-21-46(34-48)40-26-28-44(29-27-40)58-37-57(43-18-8-3-9-19-43)65-61(66-58)49-24-13-22-47(35-49)54-39-62-38-50-20-10-11-25-51(50)54/h1-39H. The van der Waals surface area contributed by atoms with Gasteiger partial charge in [0.05, 0.1) is 33.8 Å². The van der Waals surface area contributed by atoms with Gasteiger partial charge in [-0.1, -0.05) is 194 Å². The molecular weight excluding hydrogens is 803 g/mol. The molecule has 0 saturated carbocycles. The molecule has 0 saturated heterocycles. The van der Waals surface area contributed by atoms with Gasteiger partial charge in [-0.25, -0.2) is 19.9 Å². The molecule has 12 rings (SSSR count). The molecule has 4 aromatic heterocycles. The van der Waals surface area contributed by atoms with Crippen molar-refractivity contribution in [2.24, 2.45) is 0 Å². The summed E-state index contributed by atoms with van der Waals surface area (Å²) in [5, 5.41) is 4.38. The Balaban J connectivity index is 0.904. The Morgan fingerprint density at radius 3 is 1.53 bits per heavy atom. The zero-order valence-corrected chi connectivity index (χ0v) is 35.8. The lowest BCUT2D eigenvalue weighted by molar-refractivity contribution is 1.18. The zero-order valence-electron chi connectivity index (χ0n) is 35.8. The molecule has 4 heterocycles. The zero-order chi connectivity index (χ0) is 43.8. The van der Waals surface area contributed by atoms with Gasteiger partial charge >= 0.3 is 0 Å². The van der Waals surface area contributed by atoms with Crippen molar-refractivity contribution < 1.29 is 0 Å². The quantitative estimate of drug-likeness (QED) is 0.143. The van der Waals surface area contributed by atoms with E-state index in [4.69, 9.17) is 19.9 Å². The first-order valence-electron chi connectivity index (χ1n) is 22.1. The average Bonchev–Trinajstić information content (AvgIpc) is 3.41. The highest BCUT2D eigenvalue weighted by molar-refractivity contribution is 6.09. The van der Waals surface area contributed by atoms with Crippen molar-refractivity contribution in [3.8, 4) is 89.8 Å². The Morgan fingerprint density at radius 1 is 0.242 bits per heavy atom. The normalized spacial score (nSPS) is 11.3. The second-order valence-electron chi connectivity index (χ2n) is 16.5. The molecular formula is C61H39N5. The first-order chi connectivity index (χ1) is 32.7. The molecule has 8 aromatic carbocycles. The third kappa shape index (κ3) is 7.34. The van der Waals surface area contributed by atoms with E-state index in [1.54, 1.807) is 0 Å². The number of nitrogens with zero attached hydrogens (tertiary/aromatic N) is 5. The Kier molecular flexibility index (Phi) is 9.77. The minimum atomic E-state index is 0.664. The monoisotopic (exact) mass is 841 g/mol. The first kappa shape index (κ1) is 38.7. The summed E-state index contributed by atoms with van der Waals surface area (Å²) < 4.78 is 0. The topological polar surface area (TPSA) is 64.5 Å². The molecule has 0 unspecified atom stereocenters. The van der Waals surface area contributed by atoms with Gasteiger partial charge in [-0.2, -0.15) is 0 Å². The van der Waals surface area contributed by atoms with Crippen LogP contribution in [0.4, 0.5) is 0 Å². The summed E-state index contributed by atoms with van der Waals surface area (Å²) in [5.74, 6) is 0.664. The van der Waals surface area contributed by atoms with Gasteiger partial charge < -0.3 is 0 Å². The summed E-state index contributed by atoms with van der Waals surface area (Å²) in [5.41, 5.74) is 17.0. The number of pyridine rings is 3. The van der Waals surface area contributed by atoms with Gasteiger partial charge in [0.15, 0.2) is 5.82 Å². The lowest BCUT2D eigenvalue weighted by atomic mass is 9.96. The van der Waals surface area contributed by atoms with E-state index in [0.29, 0.717) is 5.82 Å². The predicted octanol–water partition coefficient (Wildman–Crippen LogP) is 15.5. The van der Waals surface area contributed by atoms with Crippen LogP contribution in [-0.4, -0.2) is 24.9 Å². The maximum atomic E-state index is 5.35. The molecule has 0 atom stereocenters. The largest absolute Gasteiger partial charge is 0.263 e. The number of hydrogen-bond donors (Lipinski definition) is 0. The summed E-state index contributed by atoms with van der Waals surface area (Å²) in [7, 11) is 0. The fourth-order valence-electron chi connectivity index (χ4n) is 8.99. The highest BCUT2D eigenvalue weighted by Gasteiger charge is 2.16. The van der Waals surface area contributed by atoms with Gasteiger partial charge in [0.2, 0.25) is 0 Å². The second-order valence-corrected chi connectivity index (χ2v) is 16.5. The molecule has 0 N–H and O–H groups in total. The summed E-state index contributed by atoms with van der Waals surface area (Å²) in [6, 6.07) is 78.2. The molecule has 0 spiro atoms. The van der Waals surface area contributed by atoms with Crippen LogP contribution in [0.15, 0.2) is 237 Å². The van der Waals surface area contributed by atoms with Crippen molar-refractivity contribution in [3.05, 3.63) is 237 Å². The van der Waals surface area contributed by atoms with Gasteiger partial charge in [-0.05, 0) is 63.5 Å². The number of fused-ring (bicyclic) bond motifs is 4. The van der Waals surface area contributed by atoms with Crippen LogP contribution in [0.25, 0.3) is 122 Å². The molecule has 0 bridgehead atoms. The molecule has 0 aliphatic heterocycles. The average molecular weight is 842 g/mol. The summed E-state index contributed by atoms with van der Waals surface area (Å²) in [4.78, 5) is 25.5. The number of benzene rings is 8.